The Hall–Kier alpha value is -0.620. The van der Waals surface area contributed by atoms with E-state index in [1.54, 1.807) is 18.3 Å². The highest BCUT2D eigenvalue weighted by Gasteiger charge is 2.34. The first-order valence-corrected chi connectivity index (χ1v) is 7.01. The average Bonchev–Trinajstić information content (AvgIpc) is 2.41. The number of hydrogen-bond acceptors (Lipinski definition) is 3. The smallest absolute Gasteiger partial charge is 0.236 e. The summed E-state index contributed by atoms with van der Waals surface area (Å²) in [6, 6.07) is 3.50. The summed E-state index contributed by atoms with van der Waals surface area (Å²) < 4.78 is 25.7. The van der Waals surface area contributed by atoms with Gasteiger partial charge in [-0.3, -0.25) is 4.31 Å². The van der Waals surface area contributed by atoms with Crippen LogP contribution in [0, 0.1) is 5.92 Å². The molecule has 1 aromatic heterocycles. The Labute approximate surface area is 97.5 Å². The van der Waals surface area contributed by atoms with Gasteiger partial charge in [-0.2, -0.15) is 0 Å². The van der Waals surface area contributed by atoms with Gasteiger partial charge in [-0.05, 0) is 34.0 Å². The van der Waals surface area contributed by atoms with Gasteiger partial charge in [0, 0.05) is 17.2 Å². The van der Waals surface area contributed by atoms with Gasteiger partial charge in [-0.15, -0.1) is 0 Å². The number of anilines is 1. The van der Waals surface area contributed by atoms with E-state index in [-0.39, 0.29) is 11.7 Å². The van der Waals surface area contributed by atoms with Crippen molar-refractivity contribution in [2.24, 2.45) is 5.92 Å². The third-order valence-electron chi connectivity index (χ3n) is 2.28. The summed E-state index contributed by atoms with van der Waals surface area (Å²) in [4.78, 5) is 4.09. The minimum absolute atomic E-state index is 0.167. The molecule has 1 saturated heterocycles. The van der Waals surface area contributed by atoms with Crippen molar-refractivity contribution in [2.45, 2.75) is 6.92 Å². The van der Waals surface area contributed by atoms with Gasteiger partial charge in [0.2, 0.25) is 10.0 Å². The first kappa shape index (κ1) is 10.9. The van der Waals surface area contributed by atoms with E-state index in [0.717, 1.165) is 4.47 Å². The van der Waals surface area contributed by atoms with Gasteiger partial charge in [-0.1, -0.05) is 6.92 Å². The number of rotatable bonds is 1. The first-order chi connectivity index (χ1) is 6.99. The van der Waals surface area contributed by atoms with Crippen LogP contribution in [0.5, 0.6) is 0 Å². The molecule has 0 N–H and O–H groups in total. The molecule has 0 amide bonds. The van der Waals surface area contributed by atoms with Gasteiger partial charge in [0.25, 0.3) is 0 Å². The Morgan fingerprint density at radius 3 is 2.73 bits per heavy atom. The fourth-order valence-corrected chi connectivity index (χ4v) is 3.76. The van der Waals surface area contributed by atoms with Crippen LogP contribution in [0.25, 0.3) is 0 Å². The minimum atomic E-state index is -3.15. The lowest BCUT2D eigenvalue weighted by molar-refractivity contribution is 0.597. The maximum atomic E-state index is 11.7. The summed E-state index contributed by atoms with van der Waals surface area (Å²) in [6.45, 7) is 2.45. The first-order valence-electron chi connectivity index (χ1n) is 4.61. The van der Waals surface area contributed by atoms with Crippen molar-refractivity contribution >= 4 is 31.8 Å². The highest BCUT2D eigenvalue weighted by atomic mass is 79.9. The summed E-state index contributed by atoms with van der Waals surface area (Å²) in [5.41, 5.74) is 0. The standard InChI is InChI=1S/C9H11BrN2O2S/c1-7-5-12(15(13,14)6-7)9-3-2-8(10)4-11-9/h2-4,7H,5-6H2,1H3. The topological polar surface area (TPSA) is 50.3 Å². The second-order valence-corrected chi connectivity index (χ2v) is 6.60. The molecule has 1 atom stereocenters. The number of aromatic nitrogens is 1. The maximum Gasteiger partial charge on any atom is 0.236 e. The van der Waals surface area contributed by atoms with Gasteiger partial charge >= 0.3 is 0 Å². The van der Waals surface area contributed by atoms with Crippen LogP contribution in [0.2, 0.25) is 0 Å². The SMILES string of the molecule is CC1CN(c2ccc(Br)cn2)S(=O)(=O)C1. The Morgan fingerprint density at radius 1 is 1.53 bits per heavy atom. The molecular formula is C9H11BrN2O2S. The molecule has 82 valence electrons. The highest BCUT2D eigenvalue weighted by Crippen LogP contribution is 2.25. The molecule has 1 aliphatic heterocycles. The van der Waals surface area contributed by atoms with Gasteiger partial charge in [0.05, 0.1) is 5.75 Å². The zero-order valence-electron chi connectivity index (χ0n) is 8.22. The normalized spacial score (nSPS) is 24.4. The molecule has 1 aromatic rings. The molecule has 0 aliphatic carbocycles. The lowest BCUT2D eigenvalue weighted by atomic mass is 10.2. The fraction of sp³-hybridized carbons (Fsp3) is 0.444. The molecule has 0 radical (unpaired) electrons. The van der Waals surface area contributed by atoms with E-state index in [9.17, 15) is 8.42 Å². The van der Waals surface area contributed by atoms with E-state index < -0.39 is 10.0 Å². The van der Waals surface area contributed by atoms with Crippen LogP contribution < -0.4 is 4.31 Å². The fourth-order valence-electron chi connectivity index (χ4n) is 1.65. The monoisotopic (exact) mass is 290 g/mol. The predicted molar refractivity (Wildman–Crippen MR) is 62.2 cm³/mol. The molecule has 2 rings (SSSR count). The molecule has 0 spiro atoms. The van der Waals surface area contributed by atoms with Crippen LogP contribution in [-0.4, -0.2) is 25.7 Å². The number of nitrogens with zero attached hydrogens (tertiary/aromatic N) is 2. The van der Waals surface area contributed by atoms with Crippen molar-refractivity contribution in [3.8, 4) is 0 Å². The van der Waals surface area contributed by atoms with Gasteiger partial charge < -0.3 is 0 Å². The number of sulfonamides is 1. The van der Waals surface area contributed by atoms with E-state index in [1.165, 1.54) is 4.31 Å². The summed E-state index contributed by atoms with van der Waals surface area (Å²) >= 11 is 3.26. The highest BCUT2D eigenvalue weighted by molar-refractivity contribution is 9.10. The zero-order valence-corrected chi connectivity index (χ0v) is 10.6. The van der Waals surface area contributed by atoms with Crippen molar-refractivity contribution in [2.75, 3.05) is 16.6 Å². The van der Waals surface area contributed by atoms with Gasteiger partial charge in [0.15, 0.2) is 0 Å². The second kappa shape index (κ2) is 3.75. The number of hydrogen-bond donors (Lipinski definition) is 0. The van der Waals surface area contributed by atoms with Crippen molar-refractivity contribution in [1.82, 2.24) is 4.98 Å². The maximum absolute atomic E-state index is 11.7. The predicted octanol–water partition coefficient (Wildman–Crippen LogP) is 1.63. The van der Waals surface area contributed by atoms with Crippen molar-refractivity contribution in [3.05, 3.63) is 22.8 Å². The molecular weight excluding hydrogens is 280 g/mol. The summed E-state index contributed by atoms with van der Waals surface area (Å²) in [7, 11) is -3.15. The molecule has 0 aromatic carbocycles. The molecule has 0 bridgehead atoms. The van der Waals surface area contributed by atoms with Crippen LogP contribution in [0.1, 0.15) is 6.92 Å². The van der Waals surface area contributed by atoms with Crippen molar-refractivity contribution in [3.63, 3.8) is 0 Å². The van der Waals surface area contributed by atoms with E-state index >= 15 is 0 Å². The molecule has 2 heterocycles. The third kappa shape index (κ3) is 2.15. The van der Waals surface area contributed by atoms with Crippen LogP contribution in [0.15, 0.2) is 22.8 Å². The number of pyridine rings is 1. The quantitative estimate of drug-likeness (QED) is 0.790. The van der Waals surface area contributed by atoms with Crippen LogP contribution in [0.3, 0.4) is 0 Å². The Balaban J connectivity index is 2.36. The lowest BCUT2D eigenvalue weighted by Gasteiger charge is -2.15. The molecule has 15 heavy (non-hydrogen) atoms. The minimum Gasteiger partial charge on any atom is -0.253 e. The third-order valence-corrected chi connectivity index (χ3v) is 4.74. The Bertz CT molecular complexity index is 458. The van der Waals surface area contributed by atoms with E-state index in [0.29, 0.717) is 12.4 Å². The second-order valence-electron chi connectivity index (χ2n) is 3.75. The molecule has 6 heteroatoms. The lowest BCUT2D eigenvalue weighted by Crippen LogP contribution is -2.26. The average molecular weight is 291 g/mol. The molecule has 1 fully saturated rings. The Kier molecular flexibility index (Phi) is 2.72. The summed E-state index contributed by atoms with van der Waals surface area (Å²) in [5, 5.41) is 0. The largest absolute Gasteiger partial charge is 0.253 e. The molecule has 4 nitrogen and oxygen atoms in total. The molecule has 0 saturated carbocycles. The van der Waals surface area contributed by atoms with Gasteiger partial charge in [-0.25, -0.2) is 13.4 Å². The summed E-state index contributed by atoms with van der Waals surface area (Å²) in [6.07, 6.45) is 1.60. The van der Waals surface area contributed by atoms with Crippen LogP contribution in [-0.2, 0) is 10.0 Å². The van der Waals surface area contributed by atoms with E-state index in [1.807, 2.05) is 6.92 Å². The van der Waals surface area contributed by atoms with E-state index in [2.05, 4.69) is 20.9 Å². The van der Waals surface area contributed by atoms with Crippen molar-refractivity contribution < 1.29 is 8.42 Å². The van der Waals surface area contributed by atoms with Crippen LogP contribution >= 0.6 is 15.9 Å². The van der Waals surface area contributed by atoms with Crippen LogP contribution in [0.4, 0.5) is 5.82 Å². The zero-order chi connectivity index (χ0) is 11.1. The van der Waals surface area contributed by atoms with E-state index in [4.69, 9.17) is 0 Å². The Morgan fingerprint density at radius 2 is 2.27 bits per heavy atom. The van der Waals surface area contributed by atoms with Gasteiger partial charge in [0.1, 0.15) is 5.82 Å². The molecule has 1 unspecified atom stereocenters. The number of halogens is 1. The van der Waals surface area contributed by atoms with Crippen molar-refractivity contribution in [1.29, 1.82) is 0 Å². The molecule has 1 aliphatic rings. The summed E-state index contributed by atoms with van der Waals surface area (Å²) in [5.74, 6) is 0.882.